The zero-order chi connectivity index (χ0) is 6.53. The Morgan fingerprint density at radius 1 is 1.70 bits per heavy atom. The Morgan fingerprint density at radius 2 is 2.50 bits per heavy atom. The molecule has 0 saturated carbocycles. The van der Waals surface area contributed by atoms with Gasteiger partial charge in [-0.25, -0.2) is 0 Å². The van der Waals surface area contributed by atoms with Crippen LogP contribution < -0.4 is 0 Å². The molecule has 1 rings (SSSR count). The summed E-state index contributed by atoms with van der Waals surface area (Å²) < 4.78 is 0. The van der Waals surface area contributed by atoms with E-state index in [-0.39, 0.29) is 18.9 Å². The number of hydrogen-bond acceptors (Lipinski definition) is 1. The summed E-state index contributed by atoms with van der Waals surface area (Å²) in [4.78, 5) is 2.34. The third-order valence-electron chi connectivity index (χ3n) is 1.45. The molecule has 51 valence electrons. The monoisotopic (exact) mass is 130 g/mol. The van der Waals surface area contributed by atoms with E-state index in [1.807, 2.05) is 6.08 Å². The van der Waals surface area contributed by atoms with Crippen molar-refractivity contribution in [3.63, 3.8) is 0 Å². The molecule has 0 N–H and O–H groups in total. The second-order valence-electron chi connectivity index (χ2n) is 2.21. The molecule has 1 nitrogen and oxygen atoms in total. The van der Waals surface area contributed by atoms with Crippen LogP contribution in [0.3, 0.4) is 0 Å². The molecule has 0 aromatic rings. The standard InChI is InChI=1S/C8H12N.Li.H/c1-2-6-9-7-4-3-5-8-9;;/h2,4H,1,5-8H2;;. The minimum absolute atomic E-state index is 0. The molecule has 0 amide bonds. The zero-order valence-corrected chi connectivity index (χ0v) is 5.64. The van der Waals surface area contributed by atoms with Crippen molar-refractivity contribution in [2.45, 2.75) is 6.42 Å². The van der Waals surface area contributed by atoms with Crippen molar-refractivity contribution in [1.82, 2.24) is 4.90 Å². The average molecular weight is 130 g/mol. The van der Waals surface area contributed by atoms with Crippen molar-refractivity contribution in [3.8, 4) is 0 Å². The van der Waals surface area contributed by atoms with E-state index in [4.69, 9.17) is 0 Å². The van der Waals surface area contributed by atoms with Crippen molar-refractivity contribution in [3.05, 3.63) is 24.8 Å². The third-order valence-corrected chi connectivity index (χ3v) is 1.45. The van der Waals surface area contributed by atoms with Gasteiger partial charge in [0.05, 0.1) is 0 Å². The second kappa shape index (κ2) is 5.79. The van der Waals surface area contributed by atoms with Crippen LogP contribution in [0.2, 0.25) is 0 Å². The number of nitrogens with zero attached hydrogens (tertiary/aromatic N) is 1. The molecule has 0 fully saturated rings. The van der Waals surface area contributed by atoms with Crippen LogP contribution in [0.1, 0.15) is 6.42 Å². The van der Waals surface area contributed by atoms with E-state index < -0.39 is 0 Å². The van der Waals surface area contributed by atoms with E-state index in [9.17, 15) is 0 Å². The van der Waals surface area contributed by atoms with E-state index in [1.165, 1.54) is 0 Å². The van der Waals surface area contributed by atoms with Gasteiger partial charge < -0.3 is 0 Å². The van der Waals surface area contributed by atoms with Gasteiger partial charge in [0, 0.05) is 19.6 Å². The molecule has 0 aromatic carbocycles. The summed E-state index contributed by atoms with van der Waals surface area (Å²) in [7, 11) is 0. The van der Waals surface area contributed by atoms with Gasteiger partial charge in [-0.15, -0.1) is 6.58 Å². The number of rotatable bonds is 2. The molecule has 0 saturated heterocycles. The molecule has 1 heterocycles. The van der Waals surface area contributed by atoms with E-state index in [0.29, 0.717) is 0 Å². The fourth-order valence-electron chi connectivity index (χ4n) is 0.958. The van der Waals surface area contributed by atoms with Crippen molar-refractivity contribution in [2.75, 3.05) is 19.6 Å². The summed E-state index contributed by atoms with van der Waals surface area (Å²) >= 11 is 0. The van der Waals surface area contributed by atoms with Gasteiger partial charge in [0.15, 0.2) is 0 Å². The van der Waals surface area contributed by atoms with Crippen molar-refractivity contribution in [2.24, 2.45) is 0 Å². The van der Waals surface area contributed by atoms with E-state index in [2.05, 4.69) is 23.6 Å². The minimum atomic E-state index is 0. The van der Waals surface area contributed by atoms with E-state index >= 15 is 0 Å². The zero-order valence-electron chi connectivity index (χ0n) is 5.64. The first-order chi connectivity index (χ1) is 4.43. The van der Waals surface area contributed by atoms with Gasteiger partial charge in [0.25, 0.3) is 0 Å². The summed E-state index contributed by atoms with van der Waals surface area (Å²) in [6, 6.07) is 0. The number of hydrogen-bond donors (Lipinski definition) is 0. The molecule has 2 heteroatoms. The molecule has 0 bridgehead atoms. The fourth-order valence-corrected chi connectivity index (χ4v) is 0.958. The molecule has 1 aliphatic rings. The Balaban J connectivity index is 0.000000810. The van der Waals surface area contributed by atoms with Crippen LogP contribution in [-0.4, -0.2) is 43.4 Å². The van der Waals surface area contributed by atoms with Gasteiger partial charge >= 0.3 is 18.9 Å². The Hall–Kier alpha value is 0.0374. The predicted molar refractivity (Wildman–Crippen MR) is 46.2 cm³/mol. The van der Waals surface area contributed by atoms with Gasteiger partial charge in [-0.05, 0) is 12.5 Å². The van der Waals surface area contributed by atoms with Gasteiger partial charge in [-0.3, -0.25) is 4.90 Å². The Bertz CT molecular complexity index is 120. The van der Waals surface area contributed by atoms with Gasteiger partial charge in [-0.2, -0.15) is 0 Å². The molecule has 0 atom stereocenters. The maximum absolute atomic E-state index is 3.68. The van der Waals surface area contributed by atoms with Crippen LogP contribution in [0, 0.1) is 6.08 Å². The fraction of sp³-hybridized carbons (Fsp3) is 0.500. The van der Waals surface area contributed by atoms with Gasteiger partial charge in [0.1, 0.15) is 0 Å². The van der Waals surface area contributed by atoms with Crippen molar-refractivity contribution >= 4 is 18.9 Å². The predicted octanol–water partition coefficient (Wildman–Crippen LogP) is 0.589. The quantitative estimate of drug-likeness (QED) is 0.390. The average Bonchev–Trinajstić information content (AvgIpc) is 1.91. The Morgan fingerprint density at radius 3 is 3.00 bits per heavy atom. The molecular weight excluding hydrogens is 117 g/mol. The first kappa shape index (κ1) is 10.0. The molecule has 10 heavy (non-hydrogen) atoms. The van der Waals surface area contributed by atoms with Crippen molar-refractivity contribution < 1.29 is 0 Å². The van der Waals surface area contributed by atoms with Crippen LogP contribution >= 0.6 is 0 Å². The van der Waals surface area contributed by atoms with Crippen LogP contribution in [0.25, 0.3) is 0 Å². The first-order valence-corrected chi connectivity index (χ1v) is 3.32. The topological polar surface area (TPSA) is 3.24 Å². The Labute approximate surface area is 75.0 Å². The van der Waals surface area contributed by atoms with Crippen LogP contribution in [-0.2, 0) is 0 Å². The van der Waals surface area contributed by atoms with Gasteiger partial charge in [-0.1, -0.05) is 12.2 Å². The molecule has 1 aliphatic heterocycles. The summed E-state index contributed by atoms with van der Waals surface area (Å²) in [5.74, 6) is 0. The summed E-state index contributed by atoms with van der Waals surface area (Å²) in [6.45, 7) is 6.88. The molecule has 0 spiro atoms. The Kier molecular flexibility index (Phi) is 5.82. The van der Waals surface area contributed by atoms with E-state index in [1.54, 1.807) is 0 Å². The molecule has 0 aromatic heterocycles. The molecule has 0 aliphatic carbocycles. The summed E-state index contributed by atoms with van der Waals surface area (Å²) in [5, 5.41) is 0. The van der Waals surface area contributed by atoms with Crippen molar-refractivity contribution in [1.29, 1.82) is 0 Å². The third kappa shape index (κ3) is 3.27. The summed E-state index contributed by atoms with van der Waals surface area (Å²) in [6.07, 6.45) is 8.28. The normalized spacial score (nSPS) is 18.0. The van der Waals surface area contributed by atoms with Crippen LogP contribution in [0.5, 0.6) is 0 Å². The SMILES string of the molecule is C=CCN1CC=[C]CC1.[LiH]. The van der Waals surface area contributed by atoms with Crippen LogP contribution in [0.15, 0.2) is 18.7 Å². The molecule has 0 unspecified atom stereocenters. The maximum atomic E-state index is 3.68. The van der Waals surface area contributed by atoms with E-state index in [0.717, 1.165) is 26.1 Å². The summed E-state index contributed by atoms with van der Waals surface area (Å²) in [5.41, 5.74) is 0. The van der Waals surface area contributed by atoms with Crippen LogP contribution in [0.4, 0.5) is 0 Å². The second-order valence-corrected chi connectivity index (χ2v) is 2.21. The molecule has 1 radical (unpaired) electrons. The first-order valence-electron chi connectivity index (χ1n) is 3.32. The molecular formula is C8H13LiN. The van der Waals surface area contributed by atoms with Gasteiger partial charge in [0.2, 0.25) is 0 Å².